The summed E-state index contributed by atoms with van der Waals surface area (Å²) in [6, 6.07) is 0. The maximum absolute atomic E-state index is 14.7. The van der Waals surface area contributed by atoms with Crippen molar-refractivity contribution in [3.63, 3.8) is 0 Å². The predicted octanol–water partition coefficient (Wildman–Crippen LogP) is -1.25. The van der Waals surface area contributed by atoms with Gasteiger partial charge in [0.05, 0.1) is 42.9 Å². The standard InChI is InChI=1S/C36H61N5O10/c1-39-35(38)41-15-22-17(13-36(8-4-3-5-9-36)18-6-7-25(37)40-14-18)10-20-27(29(22)44)31(46)26-21(28(20)43)11-19(49-2)12-23(26)50-34-33(48)32(47)30(45)24(16-42)51-34/h17-27,29-30,32-34,40,42,44-45,47-48H,3-16,37H2,1-2H3,(H3,38,39,41)/t17?,18?,19?,20?,21?,22?,23?,24-,25?,26?,27?,29?,30-,32+,33-,34+/m1/s1. The zero-order valence-corrected chi connectivity index (χ0v) is 30.0. The lowest BCUT2D eigenvalue weighted by Gasteiger charge is -2.55. The first kappa shape index (κ1) is 38.9. The third kappa shape index (κ3) is 7.62. The maximum Gasteiger partial charge on any atom is 0.188 e. The van der Waals surface area contributed by atoms with Crippen molar-refractivity contribution in [2.75, 3.05) is 33.9 Å². The summed E-state index contributed by atoms with van der Waals surface area (Å²) in [6.45, 7) is 0.510. The number of aliphatic hydroxyl groups is 5. The average molecular weight is 724 g/mol. The molecule has 0 spiro atoms. The van der Waals surface area contributed by atoms with E-state index in [0.717, 1.165) is 51.5 Å². The molecule has 290 valence electrons. The van der Waals surface area contributed by atoms with Crippen LogP contribution in [0.2, 0.25) is 0 Å². The molecule has 2 heterocycles. The second-order valence-corrected chi connectivity index (χ2v) is 16.3. The van der Waals surface area contributed by atoms with Crippen LogP contribution in [0, 0.1) is 46.8 Å². The van der Waals surface area contributed by atoms with Crippen LogP contribution in [0.5, 0.6) is 0 Å². The molecule has 51 heavy (non-hydrogen) atoms. The number of methoxy groups -OCH3 is 1. The number of fused-ring (bicyclic) bond motifs is 2. The molecule has 6 rings (SSSR count). The molecule has 2 saturated heterocycles. The molecular formula is C36H61N5O10. The number of rotatable bonds is 9. The Balaban J connectivity index is 1.29. The van der Waals surface area contributed by atoms with Crippen molar-refractivity contribution in [1.82, 2.24) is 10.6 Å². The maximum atomic E-state index is 14.7. The summed E-state index contributed by atoms with van der Waals surface area (Å²) in [5.41, 5.74) is 12.3. The number of nitrogens with one attached hydrogen (secondary N) is 2. The van der Waals surface area contributed by atoms with Crippen molar-refractivity contribution < 1.29 is 49.3 Å². The second kappa shape index (κ2) is 16.3. The summed E-state index contributed by atoms with van der Waals surface area (Å²) >= 11 is 0. The van der Waals surface area contributed by atoms with Crippen LogP contribution in [-0.4, -0.2) is 132 Å². The van der Waals surface area contributed by atoms with E-state index >= 15 is 0 Å². The van der Waals surface area contributed by atoms with E-state index in [1.165, 1.54) is 13.5 Å². The number of carbonyl (C=O) groups is 2. The first-order valence-corrected chi connectivity index (χ1v) is 19.1. The van der Waals surface area contributed by atoms with Gasteiger partial charge in [-0.2, -0.15) is 0 Å². The molecule has 4 saturated carbocycles. The molecule has 0 aromatic heterocycles. The molecule has 0 bridgehead atoms. The van der Waals surface area contributed by atoms with Gasteiger partial charge in [-0.1, -0.05) is 19.3 Å². The molecule has 0 radical (unpaired) electrons. The number of nitrogens with two attached hydrogens (primary N) is 2. The van der Waals surface area contributed by atoms with Gasteiger partial charge in [0.25, 0.3) is 0 Å². The minimum atomic E-state index is -1.67. The molecule has 0 aromatic carbocycles. The van der Waals surface area contributed by atoms with Gasteiger partial charge >= 0.3 is 0 Å². The molecular weight excluding hydrogens is 662 g/mol. The largest absolute Gasteiger partial charge is 0.394 e. The zero-order valence-electron chi connectivity index (χ0n) is 30.0. The van der Waals surface area contributed by atoms with Gasteiger partial charge in [-0.05, 0) is 68.7 Å². The quantitative estimate of drug-likeness (QED) is 0.0997. The molecule has 16 atom stereocenters. The Kier molecular flexibility index (Phi) is 12.4. The molecule has 15 heteroatoms. The highest BCUT2D eigenvalue weighted by molar-refractivity contribution is 6.00. The fourth-order valence-electron chi connectivity index (χ4n) is 10.9. The summed E-state index contributed by atoms with van der Waals surface area (Å²) in [5, 5.41) is 60.2. The van der Waals surface area contributed by atoms with Crippen LogP contribution in [0.25, 0.3) is 0 Å². The minimum Gasteiger partial charge on any atom is -0.394 e. The number of ether oxygens (including phenoxy) is 3. The monoisotopic (exact) mass is 723 g/mol. The van der Waals surface area contributed by atoms with Gasteiger partial charge < -0.3 is 61.8 Å². The number of guanidine groups is 1. The van der Waals surface area contributed by atoms with Gasteiger partial charge in [0.1, 0.15) is 36.0 Å². The Morgan fingerprint density at radius 1 is 0.980 bits per heavy atom. The zero-order chi connectivity index (χ0) is 36.6. The normalized spacial score (nSPS) is 46.2. The Bertz CT molecular complexity index is 1240. The number of hydrogen-bond donors (Lipinski definition) is 9. The van der Waals surface area contributed by atoms with Crippen molar-refractivity contribution in [3.05, 3.63) is 0 Å². The van der Waals surface area contributed by atoms with Gasteiger partial charge in [-0.15, -0.1) is 0 Å². The van der Waals surface area contributed by atoms with Crippen molar-refractivity contribution >= 4 is 17.5 Å². The summed E-state index contributed by atoms with van der Waals surface area (Å²) < 4.78 is 17.6. The summed E-state index contributed by atoms with van der Waals surface area (Å²) in [7, 11) is 3.12. The van der Waals surface area contributed by atoms with E-state index in [2.05, 4.69) is 15.6 Å². The predicted molar refractivity (Wildman–Crippen MR) is 185 cm³/mol. The highest BCUT2D eigenvalue weighted by Gasteiger charge is 2.61. The average Bonchev–Trinajstić information content (AvgIpc) is 3.13. The topological polar surface area (TPSA) is 251 Å². The van der Waals surface area contributed by atoms with E-state index < -0.39 is 79.3 Å². The van der Waals surface area contributed by atoms with E-state index in [-0.39, 0.29) is 47.4 Å². The molecule has 0 aromatic rings. The van der Waals surface area contributed by atoms with Gasteiger partial charge in [0.15, 0.2) is 12.2 Å². The fourth-order valence-corrected chi connectivity index (χ4v) is 10.9. The lowest BCUT2D eigenvalue weighted by molar-refractivity contribution is -0.319. The third-order valence-corrected chi connectivity index (χ3v) is 13.7. The van der Waals surface area contributed by atoms with Crippen molar-refractivity contribution in [2.24, 2.45) is 63.3 Å². The summed E-state index contributed by atoms with van der Waals surface area (Å²) in [5.74, 6) is -3.42. The fraction of sp³-hybridized carbons (Fsp3) is 0.917. The molecule has 15 nitrogen and oxygen atoms in total. The molecule has 2 aliphatic heterocycles. The molecule has 11 unspecified atom stereocenters. The Morgan fingerprint density at radius 3 is 2.35 bits per heavy atom. The lowest BCUT2D eigenvalue weighted by Crippen LogP contribution is -2.64. The molecule has 0 amide bonds. The molecule has 6 aliphatic rings. The lowest BCUT2D eigenvalue weighted by atomic mass is 9.51. The number of hydrogen-bond acceptors (Lipinski definition) is 13. The SMILES string of the molecule is CN=C(N)NCC1C(CC2(C3CCC(N)NC3)CCCCC2)CC2C(=O)C3CC(OC)CC(O[C@H]4O[C@H](CO)[C@@H](O)[C@H](O)[C@H]4O)C3C(=O)C2C1O. The number of Topliss-reactive ketones (excluding diaryl/α,β-unsaturated/α-hetero) is 2. The van der Waals surface area contributed by atoms with E-state index in [1.807, 2.05) is 0 Å². The summed E-state index contributed by atoms with van der Waals surface area (Å²) in [4.78, 5) is 33.5. The Morgan fingerprint density at radius 2 is 1.71 bits per heavy atom. The Hall–Kier alpha value is -1.79. The minimum absolute atomic E-state index is 0.00819. The van der Waals surface area contributed by atoms with Crippen molar-refractivity contribution in [2.45, 2.75) is 126 Å². The summed E-state index contributed by atoms with van der Waals surface area (Å²) in [6.07, 6.45) is -0.703. The van der Waals surface area contributed by atoms with Gasteiger partial charge in [0.2, 0.25) is 0 Å². The van der Waals surface area contributed by atoms with E-state index in [4.69, 9.17) is 25.7 Å². The van der Waals surface area contributed by atoms with Gasteiger partial charge in [-0.25, -0.2) is 0 Å². The number of nitrogens with zero attached hydrogens (tertiary/aromatic N) is 1. The number of aliphatic hydroxyl groups excluding tert-OH is 5. The van der Waals surface area contributed by atoms with Crippen LogP contribution in [-0.2, 0) is 23.8 Å². The highest BCUT2D eigenvalue weighted by Crippen LogP contribution is 2.56. The molecule has 11 N–H and O–H groups in total. The van der Waals surface area contributed by atoms with E-state index in [9.17, 15) is 35.1 Å². The van der Waals surface area contributed by atoms with Crippen LogP contribution in [0.3, 0.4) is 0 Å². The van der Waals surface area contributed by atoms with Crippen LogP contribution in [0.1, 0.15) is 70.6 Å². The van der Waals surface area contributed by atoms with Gasteiger partial charge in [-0.3, -0.25) is 14.6 Å². The van der Waals surface area contributed by atoms with Crippen LogP contribution in [0.15, 0.2) is 4.99 Å². The van der Waals surface area contributed by atoms with Gasteiger partial charge in [0, 0.05) is 44.9 Å². The smallest absolute Gasteiger partial charge is 0.188 e. The number of aliphatic imine (C=N–C) groups is 1. The molecule has 4 aliphatic carbocycles. The highest BCUT2D eigenvalue weighted by atomic mass is 16.7. The first-order chi connectivity index (χ1) is 24.4. The number of piperidine rings is 1. The van der Waals surface area contributed by atoms with Crippen LogP contribution in [0.4, 0.5) is 0 Å². The van der Waals surface area contributed by atoms with E-state index in [0.29, 0.717) is 25.3 Å². The number of carbonyl (C=O) groups excluding carboxylic acids is 2. The first-order valence-electron chi connectivity index (χ1n) is 19.1. The van der Waals surface area contributed by atoms with Crippen molar-refractivity contribution in [1.29, 1.82) is 0 Å². The van der Waals surface area contributed by atoms with Crippen molar-refractivity contribution in [3.8, 4) is 0 Å². The van der Waals surface area contributed by atoms with Crippen LogP contribution < -0.4 is 22.1 Å². The number of ketones is 2. The Labute approximate surface area is 300 Å². The third-order valence-electron chi connectivity index (χ3n) is 13.7. The van der Waals surface area contributed by atoms with Crippen LogP contribution >= 0.6 is 0 Å². The van der Waals surface area contributed by atoms with E-state index in [1.54, 1.807) is 7.05 Å². The second-order valence-electron chi connectivity index (χ2n) is 16.3. The molecule has 6 fully saturated rings.